The Hall–Kier alpha value is -3.56. The summed E-state index contributed by atoms with van der Waals surface area (Å²) < 4.78 is 21.8. The first-order chi connectivity index (χ1) is 15.4. The number of ether oxygens (including phenoxy) is 4. The maximum Gasteiger partial charge on any atom is 0.334 e. The van der Waals surface area contributed by atoms with Crippen LogP contribution in [0, 0.1) is 0 Å². The molecular weight excluding hydrogens is 434 g/mol. The molecule has 2 atom stereocenters. The van der Waals surface area contributed by atoms with Gasteiger partial charge in [0.25, 0.3) is 0 Å². The molecule has 32 heavy (non-hydrogen) atoms. The molecule has 0 bridgehead atoms. The first-order valence-corrected chi connectivity index (χ1v) is 10.5. The van der Waals surface area contributed by atoms with Crippen LogP contribution in [-0.2, 0) is 4.79 Å². The molecule has 8 nitrogen and oxygen atoms in total. The van der Waals surface area contributed by atoms with Crippen LogP contribution in [0.1, 0.15) is 10.8 Å². The number of nitrogens with two attached hydrogens (primary N) is 1. The number of thioether (sulfide) groups is 1. The van der Waals surface area contributed by atoms with Gasteiger partial charge in [0.1, 0.15) is 17.2 Å². The lowest BCUT2D eigenvalue weighted by Crippen LogP contribution is -2.26. The Morgan fingerprint density at radius 3 is 2.38 bits per heavy atom. The Bertz CT molecular complexity index is 1120. The van der Waals surface area contributed by atoms with Crippen molar-refractivity contribution >= 4 is 23.4 Å². The predicted molar refractivity (Wildman–Crippen MR) is 119 cm³/mol. The van der Waals surface area contributed by atoms with Crippen LogP contribution in [-0.4, -0.2) is 36.2 Å². The molecule has 166 valence electrons. The predicted octanol–water partition coefficient (Wildman–Crippen LogP) is 4.08. The van der Waals surface area contributed by atoms with Gasteiger partial charge < -0.3 is 34.9 Å². The Morgan fingerprint density at radius 1 is 1.00 bits per heavy atom. The maximum absolute atomic E-state index is 11.5. The Morgan fingerprint density at radius 2 is 1.66 bits per heavy atom. The van der Waals surface area contributed by atoms with E-state index in [0.29, 0.717) is 44.9 Å². The SMILES string of the molecule is COc1ccc([C@H](Sc2cc(Oc3ccc4c(c3)OCO4)ccc2N)[C@@H](O)C(=O)O)cc1. The minimum Gasteiger partial charge on any atom is -0.497 e. The van der Waals surface area contributed by atoms with E-state index in [1.807, 2.05) is 0 Å². The highest BCUT2D eigenvalue weighted by molar-refractivity contribution is 7.99. The third-order valence-corrected chi connectivity index (χ3v) is 6.19. The van der Waals surface area contributed by atoms with Crippen molar-refractivity contribution < 1.29 is 34.0 Å². The second kappa shape index (κ2) is 9.29. The molecule has 3 aromatic carbocycles. The average Bonchev–Trinajstić information content (AvgIpc) is 3.27. The van der Waals surface area contributed by atoms with Crippen LogP contribution in [0.2, 0.25) is 0 Å². The number of methoxy groups -OCH3 is 1. The number of aliphatic hydroxyl groups excluding tert-OH is 1. The van der Waals surface area contributed by atoms with Gasteiger partial charge in [0.15, 0.2) is 17.6 Å². The number of carboxylic acid groups (broad SMARTS) is 1. The summed E-state index contributed by atoms with van der Waals surface area (Å²) in [6.45, 7) is 0.167. The molecule has 9 heteroatoms. The third kappa shape index (κ3) is 4.68. The summed E-state index contributed by atoms with van der Waals surface area (Å²) in [7, 11) is 1.54. The zero-order valence-corrected chi connectivity index (χ0v) is 17.9. The summed E-state index contributed by atoms with van der Waals surface area (Å²) >= 11 is 1.14. The second-order valence-corrected chi connectivity index (χ2v) is 8.09. The highest BCUT2D eigenvalue weighted by Gasteiger charge is 2.29. The molecule has 0 saturated heterocycles. The lowest BCUT2D eigenvalue weighted by molar-refractivity contribution is -0.146. The van der Waals surface area contributed by atoms with Crippen LogP contribution in [0.4, 0.5) is 5.69 Å². The fraction of sp³-hybridized carbons (Fsp3) is 0.174. The van der Waals surface area contributed by atoms with Gasteiger partial charge in [-0.05, 0) is 48.0 Å². The van der Waals surface area contributed by atoms with Gasteiger partial charge in [-0.25, -0.2) is 4.79 Å². The van der Waals surface area contributed by atoms with E-state index >= 15 is 0 Å². The lowest BCUT2D eigenvalue weighted by atomic mass is 10.1. The summed E-state index contributed by atoms with van der Waals surface area (Å²) in [4.78, 5) is 12.1. The molecule has 0 radical (unpaired) electrons. The van der Waals surface area contributed by atoms with Crippen molar-refractivity contribution in [3.63, 3.8) is 0 Å². The van der Waals surface area contributed by atoms with Crippen LogP contribution < -0.4 is 24.7 Å². The van der Waals surface area contributed by atoms with Gasteiger partial charge in [-0.15, -0.1) is 11.8 Å². The van der Waals surface area contributed by atoms with Gasteiger partial charge in [0.05, 0.1) is 12.4 Å². The van der Waals surface area contributed by atoms with Crippen molar-refractivity contribution in [2.45, 2.75) is 16.2 Å². The van der Waals surface area contributed by atoms with Crippen LogP contribution >= 0.6 is 11.8 Å². The minimum absolute atomic E-state index is 0.167. The molecule has 4 N–H and O–H groups in total. The van der Waals surface area contributed by atoms with E-state index in [1.165, 1.54) is 0 Å². The molecular formula is C23H21NO7S. The normalized spacial score (nSPS) is 13.9. The average molecular weight is 455 g/mol. The van der Waals surface area contributed by atoms with E-state index < -0.39 is 17.3 Å². The second-order valence-electron chi connectivity index (χ2n) is 6.91. The first kappa shape index (κ1) is 21.7. The molecule has 0 fully saturated rings. The highest BCUT2D eigenvalue weighted by Crippen LogP contribution is 2.43. The van der Waals surface area contributed by atoms with Crippen LogP contribution in [0.25, 0.3) is 0 Å². The Labute approximate surface area is 188 Å². The van der Waals surface area contributed by atoms with Crippen molar-refractivity contribution in [3.05, 3.63) is 66.2 Å². The molecule has 0 aromatic heterocycles. The number of aliphatic hydroxyl groups is 1. The van der Waals surface area contributed by atoms with E-state index in [1.54, 1.807) is 67.8 Å². The van der Waals surface area contributed by atoms with Gasteiger partial charge in [-0.1, -0.05) is 12.1 Å². The minimum atomic E-state index is -1.65. The van der Waals surface area contributed by atoms with Gasteiger partial charge in [-0.2, -0.15) is 0 Å². The molecule has 3 aromatic rings. The van der Waals surface area contributed by atoms with Gasteiger partial charge in [0.2, 0.25) is 6.79 Å². The van der Waals surface area contributed by atoms with Gasteiger partial charge in [-0.3, -0.25) is 0 Å². The number of hydrogen-bond donors (Lipinski definition) is 3. The van der Waals surface area contributed by atoms with Crippen molar-refractivity contribution in [2.75, 3.05) is 19.6 Å². The third-order valence-electron chi connectivity index (χ3n) is 4.80. The van der Waals surface area contributed by atoms with Crippen molar-refractivity contribution in [2.24, 2.45) is 0 Å². The molecule has 0 saturated carbocycles. The van der Waals surface area contributed by atoms with Crippen molar-refractivity contribution in [1.29, 1.82) is 0 Å². The highest BCUT2D eigenvalue weighted by atomic mass is 32.2. The van der Waals surface area contributed by atoms with E-state index in [9.17, 15) is 15.0 Å². The molecule has 4 rings (SSSR count). The van der Waals surface area contributed by atoms with Gasteiger partial charge >= 0.3 is 5.97 Å². The van der Waals surface area contributed by atoms with Crippen molar-refractivity contribution in [3.8, 4) is 28.7 Å². The Kier molecular flexibility index (Phi) is 6.29. The summed E-state index contributed by atoms with van der Waals surface area (Å²) in [6, 6.07) is 17.2. The fourth-order valence-electron chi connectivity index (χ4n) is 3.13. The molecule has 1 heterocycles. The molecule has 1 aliphatic heterocycles. The summed E-state index contributed by atoms with van der Waals surface area (Å²) in [6.07, 6.45) is -1.65. The zero-order valence-electron chi connectivity index (χ0n) is 17.1. The number of benzene rings is 3. The standard InChI is InChI=1S/C23H21NO7S/c1-28-14-4-2-13(3-5-14)22(21(25)23(26)27)32-20-11-16(6-8-17(20)24)31-15-7-9-18-19(10-15)30-12-29-18/h2-11,21-22,25H,12,24H2,1H3,(H,26,27)/t21-,22+/m1/s1. The smallest absolute Gasteiger partial charge is 0.334 e. The Balaban J connectivity index is 1.59. The van der Waals surface area contributed by atoms with Gasteiger partial charge in [0, 0.05) is 16.6 Å². The number of nitrogen functional groups attached to an aromatic ring is 1. The quantitative estimate of drug-likeness (QED) is 0.341. The molecule has 1 aliphatic rings. The van der Waals surface area contributed by atoms with Crippen LogP contribution in [0.5, 0.6) is 28.7 Å². The van der Waals surface area contributed by atoms with Crippen LogP contribution in [0.3, 0.4) is 0 Å². The van der Waals surface area contributed by atoms with Crippen LogP contribution in [0.15, 0.2) is 65.6 Å². The summed E-state index contributed by atoms with van der Waals surface area (Å²) in [5.41, 5.74) is 7.20. The van der Waals surface area contributed by atoms with E-state index in [0.717, 1.165) is 11.8 Å². The lowest BCUT2D eigenvalue weighted by Gasteiger charge is -2.21. The summed E-state index contributed by atoms with van der Waals surface area (Å²) in [5.74, 6) is 1.59. The number of carbonyl (C=O) groups is 1. The molecule has 0 amide bonds. The van der Waals surface area contributed by atoms with E-state index in [2.05, 4.69) is 0 Å². The number of hydrogen-bond acceptors (Lipinski definition) is 8. The number of aliphatic carboxylic acids is 1. The van der Waals surface area contributed by atoms with Crippen molar-refractivity contribution in [1.82, 2.24) is 0 Å². The number of carboxylic acids is 1. The first-order valence-electron chi connectivity index (χ1n) is 9.63. The maximum atomic E-state index is 11.5. The number of anilines is 1. The molecule has 0 unspecified atom stereocenters. The van der Waals surface area contributed by atoms with E-state index in [-0.39, 0.29) is 6.79 Å². The number of rotatable bonds is 8. The topological polar surface area (TPSA) is 120 Å². The number of fused-ring (bicyclic) bond motifs is 1. The molecule has 0 aliphatic carbocycles. The zero-order chi connectivity index (χ0) is 22.7. The van der Waals surface area contributed by atoms with E-state index in [4.69, 9.17) is 24.7 Å². The largest absolute Gasteiger partial charge is 0.497 e. The summed E-state index contributed by atoms with van der Waals surface area (Å²) in [5, 5.41) is 19.0. The fourth-order valence-corrected chi connectivity index (χ4v) is 4.33. The molecule has 0 spiro atoms. The monoisotopic (exact) mass is 455 g/mol.